The van der Waals surface area contributed by atoms with Crippen LogP contribution in [0.3, 0.4) is 0 Å². The highest BCUT2D eigenvalue weighted by Crippen LogP contribution is 2.22. The van der Waals surface area contributed by atoms with Gasteiger partial charge in [-0.25, -0.2) is 23.4 Å². The second kappa shape index (κ2) is 7.59. The number of halogens is 1. The van der Waals surface area contributed by atoms with Crippen LogP contribution < -0.4 is 4.74 Å². The minimum Gasteiger partial charge on any atom is -0.423 e. The summed E-state index contributed by atoms with van der Waals surface area (Å²) in [5, 5.41) is 0. The lowest BCUT2D eigenvalue weighted by Crippen LogP contribution is -2.18. The summed E-state index contributed by atoms with van der Waals surface area (Å²) in [6, 6.07) is 5.08. The van der Waals surface area contributed by atoms with Crippen molar-refractivity contribution in [2.75, 3.05) is 0 Å². The zero-order chi connectivity index (χ0) is 17.9. The molecule has 24 heavy (non-hydrogen) atoms. The molecular formula is C16H17FN2O4S. The molecule has 0 saturated heterocycles. The normalized spacial score (nSPS) is 12.2. The standard InChI is InChI=1S/C16H17FN2O4S/c1-9(2)15-14(10(3)18-13(19-15)8-24(21)22)16(20)23-12-6-4-11(17)5-7-12/h4-7,9H,8H2,1-3H3,(H,21,22). The fraction of sp³-hybridized carbons (Fsp3) is 0.312. The number of rotatable bonds is 5. The number of esters is 1. The van der Waals surface area contributed by atoms with Crippen LogP contribution in [0.15, 0.2) is 24.3 Å². The van der Waals surface area contributed by atoms with Gasteiger partial charge in [-0.1, -0.05) is 13.8 Å². The summed E-state index contributed by atoms with van der Waals surface area (Å²) in [6.07, 6.45) is 0. The second-order valence-corrected chi connectivity index (χ2v) is 6.38. The average molecular weight is 352 g/mol. The van der Waals surface area contributed by atoms with Gasteiger partial charge in [0.25, 0.3) is 0 Å². The van der Waals surface area contributed by atoms with Gasteiger partial charge in [-0.05, 0) is 37.1 Å². The zero-order valence-electron chi connectivity index (χ0n) is 13.4. The Morgan fingerprint density at radius 3 is 2.46 bits per heavy atom. The van der Waals surface area contributed by atoms with E-state index in [1.807, 2.05) is 13.8 Å². The zero-order valence-corrected chi connectivity index (χ0v) is 14.3. The van der Waals surface area contributed by atoms with Gasteiger partial charge in [0.1, 0.15) is 28.7 Å². The smallest absolute Gasteiger partial charge is 0.347 e. The van der Waals surface area contributed by atoms with Crippen molar-refractivity contribution in [2.24, 2.45) is 0 Å². The van der Waals surface area contributed by atoms with Gasteiger partial charge < -0.3 is 9.29 Å². The Labute approximate surface area is 141 Å². The highest BCUT2D eigenvalue weighted by molar-refractivity contribution is 7.78. The lowest BCUT2D eigenvalue weighted by molar-refractivity contribution is 0.0731. The Kier molecular flexibility index (Phi) is 5.74. The summed E-state index contributed by atoms with van der Waals surface area (Å²) >= 11 is -2.07. The Bertz CT molecular complexity index is 778. The van der Waals surface area contributed by atoms with E-state index in [4.69, 9.17) is 9.29 Å². The number of benzene rings is 1. The Morgan fingerprint density at radius 2 is 1.92 bits per heavy atom. The van der Waals surface area contributed by atoms with E-state index in [2.05, 4.69) is 9.97 Å². The number of aromatic nitrogens is 2. The summed E-state index contributed by atoms with van der Waals surface area (Å²) < 4.78 is 38.1. The lowest BCUT2D eigenvalue weighted by Gasteiger charge is -2.14. The van der Waals surface area contributed by atoms with Crippen LogP contribution in [0.5, 0.6) is 5.75 Å². The highest BCUT2D eigenvalue weighted by atomic mass is 32.2. The van der Waals surface area contributed by atoms with Gasteiger partial charge in [0.15, 0.2) is 11.1 Å². The monoisotopic (exact) mass is 352 g/mol. The molecule has 0 spiro atoms. The molecule has 0 amide bonds. The Morgan fingerprint density at radius 1 is 1.29 bits per heavy atom. The molecule has 1 atom stereocenters. The van der Waals surface area contributed by atoms with E-state index in [9.17, 15) is 13.4 Å². The van der Waals surface area contributed by atoms with Crippen molar-refractivity contribution in [3.63, 3.8) is 0 Å². The summed E-state index contributed by atoms with van der Waals surface area (Å²) in [7, 11) is 0. The summed E-state index contributed by atoms with van der Waals surface area (Å²) in [5.41, 5.74) is 1.01. The molecule has 0 aliphatic rings. The first-order valence-electron chi connectivity index (χ1n) is 7.20. The number of carbonyl (C=O) groups excluding carboxylic acids is 1. The first kappa shape index (κ1) is 18.2. The lowest BCUT2D eigenvalue weighted by atomic mass is 10.0. The van der Waals surface area contributed by atoms with Crippen LogP contribution in [-0.2, 0) is 16.8 Å². The van der Waals surface area contributed by atoms with Crippen LogP contribution in [0.1, 0.15) is 47.3 Å². The predicted molar refractivity (Wildman–Crippen MR) is 86.7 cm³/mol. The number of hydrogen-bond acceptors (Lipinski definition) is 5. The highest BCUT2D eigenvalue weighted by Gasteiger charge is 2.23. The van der Waals surface area contributed by atoms with Gasteiger partial charge in [0.05, 0.1) is 11.4 Å². The minimum atomic E-state index is -2.07. The second-order valence-electron chi connectivity index (χ2n) is 5.45. The molecule has 6 nitrogen and oxygen atoms in total. The average Bonchev–Trinajstić information content (AvgIpc) is 2.48. The molecule has 2 rings (SSSR count). The van der Waals surface area contributed by atoms with Crippen LogP contribution >= 0.6 is 0 Å². The van der Waals surface area contributed by atoms with Gasteiger partial charge in [0, 0.05) is 0 Å². The third kappa shape index (κ3) is 4.42. The maximum Gasteiger partial charge on any atom is 0.347 e. The van der Waals surface area contributed by atoms with Gasteiger partial charge in [-0.3, -0.25) is 0 Å². The van der Waals surface area contributed by atoms with Gasteiger partial charge in [-0.15, -0.1) is 0 Å². The van der Waals surface area contributed by atoms with Crippen LogP contribution in [0.4, 0.5) is 4.39 Å². The third-order valence-electron chi connectivity index (χ3n) is 3.19. The van der Waals surface area contributed by atoms with Crippen molar-refractivity contribution in [3.05, 3.63) is 52.9 Å². The van der Waals surface area contributed by atoms with Crippen LogP contribution in [0.2, 0.25) is 0 Å². The van der Waals surface area contributed by atoms with E-state index in [0.29, 0.717) is 11.4 Å². The van der Waals surface area contributed by atoms with Crippen LogP contribution in [0.25, 0.3) is 0 Å². The van der Waals surface area contributed by atoms with Crippen molar-refractivity contribution >= 4 is 17.0 Å². The SMILES string of the molecule is Cc1nc(CS(=O)O)nc(C(C)C)c1C(=O)Oc1ccc(F)cc1. The van der Waals surface area contributed by atoms with Crippen molar-refractivity contribution in [1.29, 1.82) is 0 Å². The molecular weight excluding hydrogens is 335 g/mol. The molecule has 0 aliphatic carbocycles. The first-order chi connectivity index (χ1) is 11.3. The van der Waals surface area contributed by atoms with Crippen molar-refractivity contribution in [3.8, 4) is 5.75 Å². The molecule has 0 aliphatic heterocycles. The molecule has 0 fully saturated rings. The number of nitrogens with zero attached hydrogens (tertiary/aromatic N) is 2. The Balaban J connectivity index is 2.38. The Hall–Kier alpha value is -2.19. The number of carbonyl (C=O) groups is 1. The quantitative estimate of drug-likeness (QED) is 0.505. The van der Waals surface area contributed by atoms with Crippen molar-refractivity contribution in [2.45, 2.75) is 32.4 Å². The summed E-state index contributed by atoms with van der Waals surface area (Å²) in [5.74, 6) is -1.02. The predicted octanol–water partition coefficient (Wildman–Crippen LogP) is 2.99. The van der Waals surface area contributed by atoms with E-state index < -0.39 is 22.9 Å². The van der Waals surface area contributed by atoms with Gasteiger partial charge >= 0.3 is 5.97 Å². The van der Waals surface area contributed by atoms with E-state index in [-0.39, 0.29) is 28.8 Å². The molecule has 8 heteroatoms. The molecule has 0 saturated carbocycles. The molecule has 0 bridgehead atoms. The minimum absolute atomic E-state index is 0.117. The largest absolute Gasteiger partial charge is 0.423 e. The van der Waals surface area contributed by atoms with Gasteiger partial charge in [-0.2, -0.15) is 0 Å². The fourth-order valence-corrected chi connectivity index (χ4v) is 2.51. The fourth-order valence-electron chi connectivity index (χ4n) is 2.16. The molecule has 1 aromatic carbocycles. The first-order valence-corrected chi connectivity index (χ1v) is 8.48. The van der Waals surface area contributed by atoms with Crippen LogP contribution in [0, 0.1) is 12.7 Å². The van der Waals surface area contributed by atoms with Crippen LogP contribution in [-0.4, -0.2) is 24.7 Å². The summed E-state index contributed by atoms with van der Waals surface area (Å²) in [4.78, 5) is 20.8. The molecule has 1 aromatic heterocycles. The summed E-state index contributed by atoms with van der Waals surface area (Å²) in [6.45, 7) is 5.30. The van der Waals surface area contributed by atoms with E-state index in [1.54, 1.807) is 6.92 Å². The molecule has 1 N–H and O–H groups in total. The van der Waals surface area contributed by atoms with E-state index in [1.165, 1.54) is 24.3 Å². The van der Waals surface area contributed by atoms with E-state index in [0.717, 1.165) is 0 Å². The molecule has 2 aromatic rings. The maximum absolute atomic E-state index is 12.9. The molecule has 128 valence electrons. The number of aryl methyl sites for hydroxylation is 1. The van der Waals surface area contributed by atoms with Crippen molar-refractivity contribution in [1.82, 2.24) is 9.97 Å². The molecule has 0 radical (unpaired) electrons. The van der Waals surface area contributed by atoms with Gasteiger partial charge in [0.2, 0.25) is 0 Å². The van der Waals surface area contributed by atoms with Crippen molar-refractivity contribution < 1.29 is 22.7 Å². The molecule has 1 unspecified atom stereocenters. The number of ether oxygens (including phenoxy) is 1. The van der Waals surface area contributed by atoms with E-state index >= 15 is 0 Å². The number of hydrogen-bond donors (Lipinski definition) is 1. The molecule has 1 heterocycles. The topological polar surface area (TPSA) is 89.4 Å². The maximum atomic E-state index is 12.9. The third-order valence-corrected chi connectivity index (χ3v) is 3.70.